The van der Waals surface area contributed by atoms with Crippen molar-refractivity contribution >= 4 is 28.2 Å². The minimum absolute atomic E-state index is 0.118. The fourth-order valence-electron chi connectivity index (χ4n) is 2.07. The summed E-state index contributed by atoms with van der Waals surface area (Å²) in [6.45, 7) is 0. The molecule has 0 unspecified atom stereocenters. The number of hydrogen-bond donors (Lipinski definition) is 1. The van der Waals surface area contributed by atoms with Crippen molar-refractivity contribution in [3.8, 4) is 11.4 Å². The van der Waals surface area contributed by atoms with Gasteiger partial charge in [-0.3, -0.25) is 14.9 Å². The van der Waals surface area contributed by atoms with Crippen molar-refractivity contribution in [2.75, 3.05) is 0 Å². The van der Waals surface area contributed by atoms with E-state index in [2.05, 4.69) is 9.97 Å². The summed E-state index contributed by atoms with van der Waals surface area (Å²) < 4.78 is 0. The molecule has 0 saturated carbocycles. The van der Waals surface area contributed by atoms with Crippen LogP contribution in [0.1, 0.15) is 0 Å². The minimum atomic E-state index is -0.541. The summed E-state index contributed by atoms with van der Waals surface area (Å²) in [4.78, 5) is 29.4. The molecule has 21 heavy (non-hydrogen) atoms. The third-order valence-electron chi connectivity index (χ3n) is 3.02. The van der Waals surface area contributed by atoms with Crippen LogP contribution in [-0.2, 0) is 0 Å². The molecule has 0 atom stereocenters. The fourth-order valence-corrected chi connectivity index (χ4v) is 2.24. The third kappa shape index (κ3) is 2.36. The molecule has 0 aliphatic heterocycles. The highest BCUT2D eigenvalue weighted by atomic mass is 35.5. The van der Waals surface area contributed by atoms with Gasteiger partial charge in [0.05, 0.1) is 21.4 Å². The highest BCUT2D eigenvalue weighted by molar-refractivity contribution is 6.31. The van der Waals surface area contributed by atoms with Gasteiger partial charge in [-0.1, -0.05) is 23.7 Å². The fraction of sp³-hybridized carbons (Fsp3) is 0. The zero-order valence-corrected chi connectivity index (χ0v) is 11.3. The van der Waals surface area contributed by atoms with Crippen LogP contribution in [0, 0.1) is 10.1 Å². The summed E-state index contributed by atoms with van der Waals surface area (Å²) in [5, 5.41) is 11.8. The molecule has 7 heteroatoms. The second-order valence-electron chi connectivity index (χ2n) is 4.35. The molecule has 0 aliphatic rings. The smallest absolute Gasteiger partial charge is 0.280 e. The van der Waals surface area contributed by atoms with Crippen LogP contribution in [0.15, 0.2) is 47.3 Å². The normalized spacial score (nSPS) is 10.7. The number of hydrogen-bond acceptors (Lipinski definition) is 4. The molecule has 0 spiro atoms. The van der Waals surface area contributed by atoms with Crippen molar-refractivity contribution in [2.45, 2.75) is 0 Å². The maximum absolute atomic E-state index is 12.0. The van der Waals surface area contributed by atoms with Crippen molar-refractivity contribution < 1.29 is 4.92 Å². The molecule has 0 saturated heterocycles. The number of nitro benzene ring substituents is 1. The molecule has 0 radical (unpaired) electrons. The first-order valence-corrected chi connectivity index (χ1v) is 6.37. The number of nitro groups is 1. The molecule has 1 heterocycles. The summed E-state index contributed by atoms with van der Waals surface area (Å²) in [5.74, 6) is 0.118. The lowest BCUT2D eigenvalue weighted by Gasteiger charge is -2.04. The van der Waals surface area contributed by atoms with Gasteiger partial charge in [-0.2, -0.15) is 0 Å². The van der Waals surface area contributed by atoms with Crippen LogP contribution < -0.4 is 5.56 Å². The van der Waals surface area contributed by atoms with Crippen molar-refractivity contribution in [3.05, 3.63) is 68.0 Å². The van der Waals surface area contributed by atoms with E-state index in [9.17, 15) is 14.9 Å². The molecule has 0 bridgehead atoms. The van der Waals surface area contributed by atoms with E-state index < -0.39 is 4.92 Å². The first-order valence-electron chi connectivity index (χ1n) is 5.99. The van der Waals surface area contributed by atoms with E-state index in [4.69, 9.17) is 11.6 Å². The average molecular weight is 302 g/mol. The Kier molecular flexibility index (Phi) is 3.15. The Bertz CT molecular complexity index is 921. The number of aromatic nitrogens is 2. The second-order valence-corrected chi connectivity index (χ2v) is 4.79. The highest BCUT2D eigenvalue weighted by Gasteiger charge is 2.18. The van der Waals surface area contributed by atoms with Gasteiger partial charge in [-0.05, 0) is 24.3 Å². The van der Waals surface area contributed by atoms with E-state index in [1.165, 1.54) is 18.2 Å². The van der Waals surface area contributed by atoms with Gasteiger partial charge in [0.25, 0.3) is 11.2 Å². The zero-order chi connectivity index (χ0) is 15.0. The van der Waals surface area contributed by atoms with Gasteiger partial charge in [0, 0.05) is 11.1 Å². The molecule has 1 aromatic heterocycles. The quantitative estimate of drug-likeness (QED) is 0.581. The van der Waals surface area contributed by atoms with Crippen LogP contribution in [0.2, 0.25) is 5.02 Å². The number of nitrogens with zero attached hydrogens (tertiary/aromatic N) is 2. The van der Waals surface area contributed by atoms with E-state index in [0.717, 1.165) is 0 Å². The first kappa shape index (κ1) is 13.3. The number of aromatic amines is 1. The van der Waals surface area contributed by atoms with Crippen molar-refractivity contribution in [1.82, 2.24) is 9.97 Å². The highest BCUT2D eigenvalue weighted by Crippen LogP contribution is 2.30. The summed E-state index contributed by atoms with van der Waals surface area (Å²) in [5.41, 5.74) is 0.114. The molecule has 2 aromatic carbocycles. The lowest BCUT2D eigenvalue weighted by Crippen LogP contribution is -2.10. The molecule has 0 aliphatic carbocycles. The van der Waals surface area contributed by atoms with Gasteiger partial charge in [-0.15, -0.1) is 0 Å². The van der Waals surface area contributed by atoms with E-state index in [-0.39, 0.29) is 22.6 Å². The van der Waals surface area contributed by atoms with E-state index in [1.54, 1.807) is 24.3 Å². The number of nitrogens with one attached hydrogen (secondary N) is 1. The molecule has 0 fully saturated rings. The zero-order valence-electron chi connectivity index (χ0n) is 10.5. The molecule has 104 valence electrons. The molecule has 3 rings (SSSR count). The van der Waals surface area contributed by atoms with Crippen molar-refractivity contribution in [3.63, 3.8) is 0 Å². The maximum atomic E-state index is 12.0. The van der Waals surface area contributed by atoms with Crippen LogP contribution >= 0.6 is 11.6 Å². The number of para-hydroxylation sites is 1. The number of benzene rings is 2. The van der Waals surface area contributed by atoms with Crippen LogP contribution in [-0.4, -0.2) is 14.9 Å². The predicted octanol–water partition coefficient (Wildman–Crippen LogP) is 3.15. The first-order chi connectivity index (χ1) is 10.1. The minimum Gasteiger partial charge on any atom is -0.306 e. The van der Waals surface area contributed by atoms with E-state index in [1.807, 2.05) is 0 Å². The third-order valence-corrected chi connectivity index (χ3v) is 3.26. The molecule has 3 aromatic rings. The Hall–Kier alpha value is -2.73. The molecular weight excluding hydrogens is 294 g/mol. The Morgan fingerprint density at radius 3 is 2.71 bits per heavy atom. The van der Waals surface area contributed by atoms with Gasteiger partial charge in [0.2, 0.25) is 0 Å². The Morgan fingerprint density at radius 1 is 1.19 bits per heavy atom. The number of halogens is 1. The summed E-state index contributed by atoms with van der Waals surface area (Å²) >= 11 is 5.89. The van der Waals surface area contributed by atoms with Gasteiger partial charge >= 0.3 is 0 Å². The number of fused-ring (bicyclic) bond motifs is 1. The van der Waals surface area contributed by atoms with Gasteiger partial charge in [-0.25, -0.2) is 4.98 Å². The summed E-state index contributed by atoms with van der Waals surface area (Å²) in [6.07, 6.45) is 0. The lowest BCUT2D eigenvalue weighted by molar-refractivity contribution is -0.384. The van der Waals surface area contributed by atoms with Crippen LogP contribution in [0.4, 0.5) is 5.69 Å². The van der Waals surface area contributed by atoms with Gasteiger partial charge in [0.1, 0.15) is 5.82 Å². The summed E-state index contributed by atoms with van der Waals surface area (Å²) in [7, 11) is 0. The van der Waals surface area contributed by atoms with Crippen LogP contribution in [0.3, 0.4) is 0 Å². The Labute approximate surface area is 123 Å². The Morgan fingerprint density at radius 2 is 1.95 bits per heavy atom. The largest absolute Gasteiger partial charge is 0.306 e. The maximum Gasteiger partial charge on any atom is 0.280 e. The van der Waals surface area contributed by atoms with Gasteiger partial charge in [0.15, 0.2) is 0 Å². The predicted molar refractivity (Wildman–Crippen MR) is 79.5 cm³/mol. The van der Waals surface area contributed by atoms with Gasteiger partial charge < -0.3 is 4.98 Å². The molecular formula is C14H8ClN3O3. The Balaban J connectivity index is 2.33. The molecule has 6 nitrogen and oxygen atoms in total. The standard InChI is InChI=1S/C14H8ClN3O3/c15-8-5-6-12(18(20)21)10(7-8)13-16-11-4-2-1-3-9(11)14(19)17-13/h1-7H,(H,16,17,19). The lowest BCUT2D eigenvalue weighted by atomic mass is 10.1. The van der Waals surface area contributed by atoms with Crippen molar-refractivity contribution in [2.24, 2.45) is 0 Å². The topological polar surface area (TPSA) is 88.9 Å². The number of rotatable bonds is 2. The monoisotopic (exact) mass is 301 g/mol. The van der Waals surface area contributed by atoms with E-state index >= 15 is 0 Å². The summed E-state index contributed by atoms with van der Waals surface area (Å²) in [6, 6.07) is 10.9. The van der Waals surface area contributed by atoms with Crippen LogP contribution in [0.25, 0.3) is 22.3 Å². The van der Waals surface area contributed by atoms with Crippen LogP contribution in [0.5, 0.6) is 0 Å². The average Bonchev–Trinajstić information content (AvgIpc) is 2.46. The molecule has 1 N–H and O–H groups in total. The number of H-pyrrole nitrogens is 1. The SMILES string of the molecule is O=c1[nH]c(-c2cc(Cl)ccc2[N+](=O)[O-])nc2ccccc12. The molecule has 0 amide bonds. The van der Waals surface area contributed by atoms with Crippen molar-refractivity contribution in [1.29, 1.82) is 0 Å². The van der Waals surface area contributed by atoms with E-state index in [0.29, 0.717) is 15.9 Å². The second kappa shape index (κ2) is 4.99.